The molecule has 0 radical (unpaired) electrons. The normalized spacial score (nSPS) is 11.6. The van der Waals surface area contributed by atoms with Crippen LogP contribution in [-0.2, 0) is 4.79 Å². The number of aryl methyl sites for hydroxylation is 1. The van der Waals surface area contributed by atoms with Gasteiger partial charge in [0.2, 0.25) is 0 Å². The van der Waals surface area contributed by atoms with E-state index < -0.39 is 12.0 Å². The molecule has 1 aromatic heterocycles. The number of nitrogens with one attached hydrogen (secondary N) is 2. The lowest BCUT2D eigenvalue weighted by Gasteiger charge is -2.15. The van der Waals surface area contributed by atoms with Gasteiger partial charge in [-0.3, -0.25) is 20.4 Å². The number of hydrogen-bond donors (Lipinski definition) is 2. The van der Waals surface area contributed by atoms with Crippen molar-refractivity contribution in [1.29, 1.82) is 0 Å². The minimum atomic E-state index is -0.724. The summed E-state index contributed by atoms with van der Waals surface area (Å²) in [6, 6.07) is 10.8. The second kappa shape index (κ2) is 7.42. The highest BCUT2D eigenvalue weighted by Crippen LogP contribution is 2.21. The minimum absolute atomic E-state index is 0.369. The number of rotatable bonds is 4. The molecule has 0 fully saturated rings. The molecule has 5 nitrogen and oxygen atoms in total. The van der Waals surface area contributed by atoms with Crippen molar-refractivity contribution in [3.63, 3.8) is 0 Å². The number of ether oxygens (including phenoxy) is 1. The van der Waals surface area contributed by atoms with E-state index in [-0.39, 0.29) is 5.91 Å². The van der Waals surface area contributed by atoms with Crippen LogP contribution in [0.5, 0.6) is 5.75 Å². The van der Waals surface area contributed by atoms with Gasteiger partial charge >= 0.3 is 0 Å². The molecule has 22 heavy (non-hydrogen) atoms. The molecular formula is C15H15BrN2O3S. The number of amides is 2. The molecule has 7 heteroatoms. The lowest BCUT2D eigenvalue weighted by atomic mass is 10.2. The SMILES string of the molecule is Cc1ccc(OC(C)C(=O)NNC(=O)c2ccc(Br)s2)cc1. The smallest absolute Gasteiger partial charge is 0.279 e. The lowest BCUT2D eigenvalue weighted by Crippen LogP contribution is -2.47. The van der Waals surface area contributed by atoms with Gasteiger partial charge in [-0.25, -0.2) is 0 Å². The maximum absolute atomic E-state index is 11.9. The topological polar surface area (TPSA) is 67.4 Å². The van der Waals surface area contributed by atoms with Crippen LogP contribution in [0.4, 0.5) is 0 Å². The molecule has 2 N–H and O–H groups in total. The van der Waals surface area contributed by atoms with Crippen LogP contribution in [-0.4, -0.2) is 17.9 Å². The van der Waals surface area contributed by atoms with Gasteiger partial charge in [0.1, 0.15) is 5.75 Å². The van der Waals surface area contributed by atoms with Crippen LogP contribution in [0.25, 0.3) is 0 Å². The summed E-state index contributed by atoms with van der Waals surface area (Å²) >= 11 is 4.56. The first-order valence-corrected chi connectivity index (χ1v) is 8.15. The first kappa shape index (κ1) is 16.5. The maximum Gasteiger partial charge on any atom is 0.279 e. The monoisotopic (exact) mass is 382 g/mol. The zero-order chi connectivity index (χ0) is 16.1. The number of hydrazine groups is 1. The Morgan fingerprint density at radius 2 is 1.82 bits per heavy atom. The van der Waals surface area contributed by atoms with Crippen LogP contribution >= 0.6 is 27.3 Å². The van der Waals surface area contributed by atoms with E-state index in [9.17, 15) is 9.59 Å². The quantitative estimate of drug-likeness (QED) is 0.798. The molecule has 0 bridgehead atoms. The van der Waals surface area contributed by atoms with E-state index in [0.717, 1.165) is 9.35 Å². The maximum atomic E-state index is 11.9. The first-order chi connectivity index (χ1) is 10.5. The number of thiophene rings is 1. The van der Waals surface area contributed by atoms with E-state index in [1.165, 1.54) is 11.3 Å². The van der Waals surface area contributed by atoms with Crippen LogP contribution in [0, 0.1) is 6.92 Å². The molecule has 0 aliphatic heterocycles. The van der Waals surface area contributed by atoms with Crippen molar-refractivity contribution < 1.29 is 14.3 Å². The third-order valence-corrected chi connectivity index (χ3v) is 4.42. The summed E-state index contributed by atoms with van der Waals surface area (Å²) in [6.07, 6.45) is -0.724. The third-order valence-electron chi connectivity index (χ3n) is 2.80. The third kappa shape index (κ3) is 4.57. The molecule has 116 valence electrons. The highest BCUT2D eigenvalue weighted by molar-refractivity contribution is 9.11. The summed E-state index contributed by atoms with van der Waals surface area (Å²) in [6.45, 7) is 3.58. The zero-order valence-corrected chi connectivity index (χ0v) is 14.5. The fourth-order valence-electron chi connectivity index (χ4n) is 1.59. The predicted molar refractivity (Wildman–Crippen MR) is 88.9 cm³/mol. The number of carbonyl (C=O) groups excluding carboxylic acids is 2. The summed E-state index contributed by atoms with van der Waals surface area (Å²) < 4.78 is 6.35. The van der Waals surface area contributed by atoms with Crippen molar-refractivity contribution in [1.82, 2.24) is 10.9 Å². The van der Waals surface area contributed by atoms with Gasteiger partial charge in [0.15, 0.2) is 6.10 Å². The number of halogens is 1. The van der Waals surface area contributed by atoms with Crippen LogP contribution < -0.4 is 15.6 Å². The number of benzene rings is 1. The van der Waals surface area contributed by atoms with E-state index in [0.29, 0.717) is 10.6 Å². The van der Waals surface area contributed by atoms with E-state index in [1.54, 1.807) is 31.2 Å². The minimum Gasteiger partial charge on any atom is -0.481 e. The molecular weight excluding hydrogens is 368 g/mol. The van der Waals surface area contributed by atoms with Crippen molar-refractivity contribution in [2.75, 3.05) is 0 Å². The molecule has 0 aliphatic carbocycles. The molecule has 2 rings (SSSR count). The molecule has 1 unspecified atom stereocenters. The summed E-state index contributed by atoms with van der Waals surface area (Å²) in [7, 11) is 0. The van der Waals surface area contributed by atoms with Crippen molar-refractivity contribution in [3.8, 4) is 5.75 Å². The van der Waals surface area contributed by atoms with Crippen molar-refractivity contribution in [2.24, 2.45) is 0 Å². The van der Waals surface area contributed by atoms with E-state index in [2.05, 4.69) is 26.8 Å². The van der Waals surface area contributed by atoms with Crippen LogP contribution in [0.3, 0.4) is 0 Å². The Hall–Kier alpha value is -1.86. The van der Waals surface area contributed by atoms with Crippen LogP contribution in [0.2, 0.25) is 0 Å². The first-order valence-electron chi connectivity index (χ1n) is 6.54. The predicted octanol–water partition coefficient (Wildman–Crippen LogP) is 3.05. The van der Waals surface area contributed by atoms with E-state index in [4.69, 9.17) is 4.74 Å². The molecule has 0 spiro atoms. The molecule has 2 amide bonds. The fourth-order valence-corrected chi connectivity index (χ4v) is 2.87. The van der Waals surface area contributed by atoms with E-state index >= 15 is 0 Å². The zero-order valence-electron chi connectivity index (χ0n) is 12.1. The fraction of sp³-hybridized carbons (Fsp3) is 0.200. The molecule has 0 aliphatic rings. The summed E-state index contributed by atoms with van der Waals surface area (Å²) in [5.41, 5.74) is 5.82. The van der Waals surface area contributed by atoms with Gasteiger partial charge in [0, 0.05) is 0 Å². The van der Waals surface area contributed by atoms with Gasteiger partial charge in [-0.05, 0) is 54.0 Å². The summed E-state index contributed by atoms with van der Waals surface area (Å²) in [5, 5.41) is 0. The highest BCUT2D eigenvalue weighted by Gasteiger charge is 2.16. The van der Waals surface area contributed by atoms with Crippen LogP contribution in [0.15, 0.2) is 40.2 Å². The van der Waals surface area contributed by atoms with Gasteiger partial charge in [0.05, 0.1) is 8.66 Å². The average Bonchev–Trinajstić information content (AvgIpc) is 2.93. The van der Waals surface area contributed by atoms with Gasteiger partial charge < -0.3 is 4.74 Å². The van der Waals surface area contributed by atoms with Gasteiger partial charge in [0.25, 0.3) is 11.8 Å². The molecule has 0 saturated heterocycles. The second-order valence-electron chi connectivity index (χ2n) is 4.62. The Kier molecular flexibility index (Phi) is 5.57. The average molecular weight is 383 g/mol. The van der Waals surface area contributed by atoms with Crippen molar-refractivity contribution in [2.45, 2.75) is 20.0 Å². The molecule has 1 heterocycles. The molecule has 1 aromatic carbocycles. The van der Waals surface area contributed by atoms with Crippen LogP contribution in [0.1, 0.15) is 22.2 Å². The molecule has 1 atom stereocenters. The molecule has 0 saturated carbocycles. The Morgan fingerprint density at radius 1 is 1.14 bits per heavy atom. The van der Waals surface area contributed by atoms with Gasteiger partial charge in [-0.2, -0.15) is 0 Å². The Bertz CT molecular complexity index is 670. The van der Waals surface area contributed by atoms with Gasteiger partial charge in [-0.15, -0.1) is 11.3 Å². The number of carbonyl (C=O) groups is 2. The Labute approximate surface area is 140 Å². The lowest BCUT2D eigenvalue weighted by molar-refractivity contribution is -0.128. The summed E-state index contributed by atoms with van der Waals surface area (Å²) in [4.78, 5) is 24.2. The second-order valence-corrected chi connectivity index (χ2v) is 7.08. The van der Waals surface area contributed by atoms with Crippen molar-refractivity contribution in [3.05, 3.63) is 50.6 Å². The van der Waals surface area contributed by atoms with E-state index in [1.807, 2.05) is 19.1 Å². The Morgan fingerprint density at radius 3 is 2.41 bits per heavy atom. The highest BCUT2D eigenvalue weighted by atomic mass is 79.9. The summed E-state index contributed by atoms with van der Waals surface area (Å²) in [5.74, 6) is -0.196. The largest absolute Gasteiger partial charge is 0.481 e. The van der Waals surface area contributed by atoms with Gasteiger partial charge in [-0.1, -0.05) is 17.7 Å². The van der Waals surface area contributed by atoms with Crippen molar-refractivity contribution >= 4 is 39.1 Å². The molecule has 2 aromatic rings. The number of hydrogen-bond acceptors (Lipinski definition) is 4. The standard InChI is InChI=1S/C15H15BrN2O3S/c1-9-3-5-11(6-4-9)21-10(2)14(19)17-18-15(20)12-7-8-13(16)22-12/h3-8,10H,1-2H3,(H,17,19)(H,18,20). The Balaban J connectivity index is 1.83.